The van der Waals surface area contributed by atoms with Crippen LogP contribution in [0.15, 0.2) is 4.79 Å². The molecule has 0 aromatic carbocycles. The van der Waals surface area contributed by atoms with Gasteiger partial charge >= 0.3 is 0 Å². The normalized spacial score (nSPS) is 14.8. The molecule has 0 saturated carbocycles. The van der Waals surface area contributed by atoms with Gasteiger partial charge in [0.05, 0.1) is 0 Å². The number of aliphatic hydroxyl groups is 1. The van der Waals surface area contributed by atoms with E-state index in [1.807, 2.05) is 0 Å². The van der Waals surface area contributed by atoms with Crippen molar-refractivity contribution in [3.8, 4) is 0 Å². The highest BCUT2D eigenvalue weighted by atomic mass is 16.3. The van der Waals surface area contributed by atoms with Gasteiger partial charge in [-0.25, -0.2) is 0 Å². The molecule has 1 heterocycles. The minimum absolute atomic E-state index is 0.112. The summed E-state index contributed by atoms with van der Waals surface area (Å²) in [6, 6.07) is 0. The number of hydrogen-bond acceptors (Lipinski definition) is 2. The molecule has 2 rings (SSSR count). The van der Waals surface area contributed by atoms with Crippen molar-refractivity contribution in [1.29, 1.82) is 0 Å². The molecule has 2 N–H and O–H groups in total. The number of hydrogen-bond donors (Lipinski definition) is 2. The molecule has 0 atom stereocenters. The van der Waals surface area contributed by atoms with E-state index >= 15 is 0 Å². The van der Waals surface area contributed by atoms with Gasteiger partial charge in [0.2, 0.25) is 0 Å². The Hall–Kier alpha value is -1.03. The van der Waals surface area contributed by atoms with E-state index in [2.05, 4.69) is 5.10 Å². The number of aryl methyl sites for hydroxylation is 2. The van der Waals surface area contributed by atoms with Crippen LogP contribution in [0, 0.1) is 0 Å². The predicted octanol–water partition coefficient (Wildman–Crippen LogP) is 0.0475. The quantitative estimate of drug-likeness (QED) is 0.693. The molecular weight excluding hydrogens is 168 g/mol. The summed E-state index contributed by atoms with van der Waals surface area (Å²) in [6.45, 7) is 0.735. The van der Waals surface area contributed by atoms with Gasteiger partial charge in [0.1, 0.15) is 0 Å². The standard InChI is InChI=1S/C9H14N2O2/c12-6-2-5-11-9(13)7-3-1-4-8(7)10-11/h10,12H,1-6H2. The molecule has 0 fully saturated rings. The van der Waals surface area contributed by atoms with Gasteiger partial charge in [0.25, 0.3) is 5.56 Å². The first-order valence-corrected chi connectivity index (χ1v) is 4.74. The number of rotatable bonds is 3. The summed E-state index contributed by atoms with van der Waals surface area (Å²) in [5, 5.41) is 11.7. The number of aromatic nitrogens is 2. The maximum Gasteiger partial charge on any atom is 0.269 e. The number of nitrogens with one attached hydrogen (secondary N) is 1. The Morgan fingerprint density at radius 3 is 3.00 bits per heavy atom. The summed E-state index contributed by atoms with van der Waals surface area (Å²) in [6.07, 6.45) is 3.64. The second-order valence-corrected chi connectivity index (χ2v) is 3.46. The average Bonchev–Trinajstić information content (AvgIpc) is 2.67. The summed E-state index contributed by atoms with van der Waals surface area (Å²) < 4.78 is 1.61. The molecule has 0 bridgehead atoms. The second kappa shape index (κ2) is 3.38. The summed E-state index contributed by atoms with van der Waals surface area (Å²) in [5.74, 6) is 0. The maximum atomic E-state index is 11.6. The van der Waals surface area contributed by atoms with Crippen LogP contribution >= 0.6 is 0 Å². The zero-order valence-electron chi connectivity index (χ0n) is 7.55. The van der Waals surface area contributed by atoms with Crippen molar-refractivity contribution in [1.82, 2.24) is 9.78 Å². The molecule has 0 unspecified atom stereocenters. The van der Waals surface area contributed by atoms with Gasteiger partial charge in [0, 0.05) is 24.4 Å². The van der Waals surface area contributed by atoms with Gasteiger partial charge in [-0.15, -0.1) is 0 Å². The molecule has 72 valence electrons. The third-order valence-electron chi connectivity index (χ3n) is 2.53. The zero-order chi connectivity index (χ0) is 9.26. The van der Waals surface area contributed by atoms with Gasteiger partial charge in [-0.2, -0.15) is 0 Å². The topological polar surface area (TPSA) is 58.0 Å². The van der Waals surface area contributed by atoms with Crippen molar-refractivity contribution in [2.24, 2.45) is 0 Å². The molecule has 1 aromatic rings. The zero-order valence-corrected chi connectivity index (χ0v) is 7.55. The van der Waals surface area contributed by atoms with Crippen LogP contribution in [0.3, 0.4) is 0 Å². The van der Waals surface area contributed by atoms with Crippen molar-refractivity contribution in [3.63, 3.8) is 0 Å². The number of aromatic amines is 1. The van der Waals surface area contributed by atoms with E-state index in [1.165, 1.54) is 0 Å². The van der Waals surface area contributed by atoms with Gasteiger partial charge in [0.15, 0.2) is 0 Å². The molecule has 4 heteroatoms. The molecule has 0 spiro atoms. The van der Waals surface area contributed by atoms with Gasteiger partial charge in [-0.1, -0.05) is 0 Å². The van der Waals surface area contributed by atoms with Gasteiger partial charge < -0.3 is 5.11 Å². The van der Waals surface area contributed by atoms with Gasteiger partial charge in [-0.05, 0) is 25.7 Å². The molecule has 4 nitrogen and oxygen atoms in total. The highest BCUT2D eigenvalue weighted by molar-refractivity contribution is 5.22. The van der Waals surface area contributed by atoms with E-state index in [1.54, 1.807) is 4.68 Å². The van der Waals surface area contributed by atoms with Crippen LogP contribution in [-0.4, -0.2) is 21.5 Å². The summed E-state index contributed by atoms with van der Waals surface area (Å²) in [5.41, 5.74) is 2.17. The van der Waals surface area contributed by atoms with Crippen LogP contribution in [-0.2, 0) is 19.4 Å². The van der Waals surface area contributed by atoms with E-state index in [-0.39, 0.29) is 12.2 Å². The first-order chi connectivity index (χ1) is 6.33. The molecule has 1 aliphatic rings. The fraction of sp³-hybridized carbons (Fsp3) is 0.667. The lowest BCUT2D eigenvalue weighted by Crippen LogP contribution is -2.19. The summed E-state index contributed by atoms with van der Waals surface area (Å²) in [7, 11) is 0. The smallest absolute Gasteiger partial charge is 0.269 e. The monoisotopic (exact) mass is 182 g/mol. The lowest BCUT2D eigenvalue weighted by molar-refractivity contribution is 0.276. The highest BCUT2D eigenvalue weighted by Gasteiger charge is 2.18. The molecular formula is C9H14N2O2. The van der Waals surface area contributed by atoms with Crippen LogP contribution in [0.4, 0.5) is 0 Å². The Morgan fingerprint density at radius 2 is 2.31 bits per heavy atom. The Bertz CT molecular complexity index is 351. The summed E-state index contributed by atoms with van der Waals surface area (Å²) >= 11 is 0. The first-order valence-electron chi connectivity index (χ1n) is 4.74. The number of nitrogens with zero attached hydrogens (tertiary/aromatic N) is 1. The van der Waals surface area contributed by atoms with Gasteiger partial charge in [-0.3, -0.25) is 14.6 Å². The first kappa shape index (κ1) is 8.56. The highest BCUT2D eigenvalue weighted by Crippen LogP contribution is 2.15. The lowest BCUT2D eigenvalue weighted by atomic mass is 10.3. The molecule has 0 radical (unpaired) electrons. The Kier molecular flexibility index (Phi) is 2.22. The van der Waals surface area contributed by atoms with Crippen LogP contribution in [0.2, 0.25) is 0 Å². The fourth-order valence-electron chi connectivity index (χ4n) is 1.87. The Balaban J connectivity index is 2.24. The molecule has 1 aliphatic carbocycles. The average molecular weight is 182 g/mol. The largest absolute Gasteiger partial charge is 0.396 e. The number of aliphatic hydroxyl groups excluding tert-OH is 1. The second-order valence-electron chi connectivity index (χ2n) is 3.46. The molecule has 0 aliphatic heterocycles. The van der Waals surface area contributed by atoms with E-state index in [4.69, 9.17) is 5.11 Å². The third-order valence-corrected chi connectivity index (χ3v) is 2.53. The number of fused-ring (bicyclic) bond motifs is 1. The maximum absolute atomic E-state index is 11.6. The minimum atomic E-state index is 0.112. The molecule has 1 aromatic heterocycles. The van der Waals surface area contributed by atoms with Crippen LogP contribution in [0.5, 0.6) is 0 Å². The molecule has 0 amide bonds. The molecule has 13 heavy (non-hydrogen) atoms. The SMILES string of the molecule is O=c1c2c([nH]n1CCCO)CCC2. The van der Waals surface area contributed by atoms with Crippen molar-refractivity contribution in [2.75, 3.05) is 6.61 Å². The van der Waals surface area contributed by atoms with Crippen molar-refractivity contribution in [3.05, 3.63) is 21.6 Å². The third kappa shape index (κ3) is 1.42. The van der Waals surface area contributed by atoms with E-state index in [0.717, 1.165) is 30.5 Å². The predicted molar refractivity (Wildman–Crippen MR) is 48.8 cm³/mol. The summed E-state index contributed by atoms with van der Waals surface area (Å²) in [4.78, 5) is 11.6. The number of H-pyrrole nitrogens is 1. The van der Waals surface area contributed by atoms with Crippen molar-refractivity contribution < 1.29 is 5.11 Å². The van der Waals surface area contributed by atoms with E-state index < -0.39 is 0 Å². The lowest BCUT2D eigenvalue weighted by Gasteiger charge is -1.99. The van der Waals surface area contributed by atoms with Crippen LogP contribution in [0.1, 0.15) is 24.1 Å². The molecule has 0 saturated heterocycles. The van der Waals surface area contributed by atoms with Crippen LogP contribution < -0.4 is 5.56 Å². The van der Waals surface area contributed by atoms with E-state index in [9.17, 15) is 4.79 Å². The minimum Gasteiger partial charge on any atom is -0.396 e. The van der Waals surface area contributed by atoms with Crippen LogP contribution in [0.25, 0.3) is 0 Å². The van der Waals surface area contributed by atoms with Crippen molar-refractivity contribution >= 4 is 0 Å². The van der Waals surface area contributed by atoms with Crippen molar-refractivity contribution in [2.45, 2.75) is 32.2 Å². The Morgan fingerprint density at radius 1 is 1.46 bits per heavy atom. The Labute approximate surface area is 76.2 Å². The van der Waals surface area contributed by atoms with E-state index in [0.29, 0.717) is 13.0 Å². The fourth-order valence-corrected chi connectivity index (χ4v) is 1.87.